The van der Waals surface area contributed by atoms with Gasteiger partial charge in [-0.25, -0.2) is 0 Å². The van der Waals surface area contributed by atoms with Gasteiger partial charge in [0.15, 0.2) is 0 Å². The number of nitrogens with one attached hydrogen (secondary N) is 1. The van der Waals surface area contributed by atoms with E-state index in [1.54, 1.807) is 0 Å². The van der Waals surface area contributed by atoms with Crippen molar-refractivity contribution in [1.29, 1.82) is 0 Å². The standard InChI is InChI=1S/C13H17NO2/c1-3-9(2)16-11-6-4-10-5-7-13(15)14-12(10)8-11/h4,6,8-9H,3,5,7H2,1-2H3,(H,14,15). The molecule has 16 heavy (non-hydrogen) atoms. The van der Waals surface area contributed by atoms with Crippen molar-refractivity contribution in [3.63, 3.8) is 0 Å². The van der Waals surface area contributed by atoms with Crippen molar-refractivity contribution < 1.29 is 9.53 Å². The first-order valence-electron chi connectivity index (χ1n) is 5.78. The normalized spacial score (nSPS) is 16.2. The van der Waals surface area contributed by atoms with Crippen molar-refractivity contribution in [3.8, 4) is 5.75 Å². The summed E-state index contributed by atoms with van der Waals surface area (Å²) in [7, 11) is 0. The van der Waals surface area contributed by atoms with Gasteiger partial charge in [-0.3, -0.25) is 4.79 Å². The van der Waals surface area contributed by atoms with E-state index in [0.717, 1.165) is 24.3 Å². The SMILES string of the molecule is CCC(C)Oc1ccc2c(c1)NC(=O)CC2. The van der Waals surface area contributed by atoms with Crippen LogP contribution in [0.4, 0.5) is 5.69 Å². The molecule has 1 aliphatic rings. The number of fused-ring (bicyclic) bond motifs is 1. The number of rotatable bonds is 3. The fourth-order valence-corrected chi connectivity index (χ4v) is 1.74. The molecule has 0 aromatic heterocycles. The van der Waals surface area contributed by atoms with Gasteiger partial charge in [0.05, 0.1) is 6.10 Å². The highest BCUT2D eigenvalue weighted by molar-refractivity contribution is 5.94. The molecule has 0 saturated heterocycles. The number of hydrogen-bond donors (Lipinski definition) is 1. The molecule has 0 bridgehead atoms. The number of carbonyl (C=O) groups excluding carboxylic acids is 1. The van der Waals surface area contributed by atoms with Gasteiger partial charge in [0.25, 0.3) is 0 Å². The molecule has 0 aliphatic carbocycles. The average molecular weight is 219 g/mol. The zero-order chi connectivity index (χ0) is 11.5. The summed E-state index contributed by atoms with van der Waals surface area (Å²) in [6.07, 6.45) is 2.59. The van der Waals surface area contributed by atoms with Gasteiger partial charge in [-0.15, -0.1) is 0 Å². The number of hydrogen-bond acceptors (Lipinski definition) is 2. The van der Waals surface area contributed by atoms with Gasteiger partial charge in [-0.05, 0) is 31.4 Å². The van der Waals surface area contributed by atoms with E-state index in [2.05, 4.69) is 12.2 Å². The van der Waals surface area contributed by atoms with E-state index < -0.39 is 0 Å². The number of amides is 1. The predicted molar refractivity (Wildman–Crippen MR) is 63.8 cm³/mol. The van der Waals surface area contributed by atoms with Gasteiger partial charge in [0, 0.05) is 18.2 Å². The molecular weight excluding hydrogens is 202 g/mol. The van der Waals surface area contributed by atoms with Crippen LogP contribution in [0.1, 0.15) is 32.3 Å². The third kappa shape index (κ3) is 2.35. The molecule has 0 fully saturated rings. The summed E-state index contributed by atoms with van der Waals surface area (Å²) in [6, 6.07) is 5.92. The summed E-state index contributed by atoms with van der Waals surface area (Å²) in [5.41, 5.74) is 2.09. The molecule has 1 aromatic rings. The topological polar surface area (TPSA) is 38.3 Å². The molecule has 0 radical (unpaired) electrons. The minimum atomic E-state index is 0.0909. The van der Waals surface area contributed by atoms with Crippen molar-refractivity contribution in [3.05, 3.63) is 23.8 Å². The lowest BCUT2D eigenvalue weighted by molar-refractivity contribution is -0.116. The molecule has 1 unspecified atom stereocenters. The first kappa shape index (κ1) is 11.0. The highest BCUT2D eigenvalue weighted by Crippen LogP contribution is 2.27. The quantitative estimate of drug-likeness (QED) is 0.848. The number of anilines is 1. The molecule has 86 valence electrons. The number of ether oxygens (including phenoxy) is 1. The lowest BCUT2D eigenvalue weighted by Gasteiger charge is -2.19. The highest BCUT2D eigenvalue weighted by atomic mass is 16.5. The first-order chi connectivity index (χ1) is 7.69. The zero-order valence-corrected chi connectivity index (χ0v) is 9.75. The van der Waals surface area contributed by atoms with Crippen LogP contribution in [0.5, 0.6) is 5.75 Å². The Kier molecular flexibility index (Phi) is 3.13. The minimum absolute atomic E-state index is 0.0909. The fraction of sp³-hybridized carbons (Fsp3) is 0.462. The molecule has 0 spiro atoms. The second-order valence-corrected chi connectivity index (χ2v) is 4.20. The number of benzene rings is 1. The van der Waals surface area contributed by atoms with E-state index in [0.29, 0.717) is 6.42 Å². The van der Waals surface area contributed by atoms with E-state index >= 15 is 0 Å². The van der Waals surface area contributed by atoms with E-state index in [9.17, 15) is 4.79 Å². The Hall–Kier alpha value is -1.51. The van der Waals surface area contributed by atoms with E-state index in [1.165, 1.54) is 5.56 Å². The van der Waals surface area contributed by atoms with E-state index in [1.807, 2.05) is 25.1 Å². The second kappa shape index (κ2) is 4.56. The molecule has 1 aliphatic heterocycles. The van der Waals surface area contributed by atoms with Crippen molar-refractivity contribution in [2.45, 2.75) is 39.2 Å². The molecule has 3 nitrogen and oxygen atoms in total. The highest BCUT2D eigenvalue weighted by Gasteiger charge is 2.15. The monoisotopic (exact) mass is 219 g/mol. The Morgan fingerprint density at radius 3 is 3.00 bits per heavy atom. The van der Waals surface area contributed by atoms with Crippen LogP contribution in [0.25, 0.3) is 0 Å². The summed E-state index contributed by atoms with van der Waals surface area (Å²) in [5.74, 6) is 0.920. The minimum Gasteiger partial charge on any atom is -0.491 e. The van der Waals surface area contributed by atoms with Gasteiger partial charge < -0.3 is 10.1 Å². The van der Waals surface area contributed by atoms with Crippen molar-refractivity contribution in [2.75, 3.05) is 5.32 Å². The summed E-state index contributed by atoms with van der Waals surface area (Å²) in [4.78, 5) is 11.3. The van der Waals surface area contributed by atoms with Crippen LogP contribution < -0.4 is 10.1 Å². The Morgan fingerprint density at radius 2 is 2.25 bits per heavy atom. The molecule has 1 amide bonds. The summed E-state index contributed by atoms with van der Waals surface area (Å²) in [5, 5.41) is 2.87. The van der Waals surface area contributed by atoms with Crippen molar-refractivity contribution in [2.24, 2.45) is 0 Å². The van der Waals surface area contributed by atoms with Gasteiger partial charge in [-0.2, -0.15) is 0 Å². The van der Waals surface area contributed by atoms with Crippen LogP contribution >= 0.6 is 0 Å². The van der Waals surface area contributed by atoms with Crippen LogP contribution in [-0.4, -0.2) is 12.0 Å². The lowest BCUT2D eigenvalue weighted by atomic mass is 10.0. The summed E-state index contributed by atoms with van der Waals surface area (Å²) >= 11 is 0. The third-order valence-corrected chi connectivity index (χ3v) is 2.89. The molecule has 2 rings (SSSR count). The van der Waals surface area contributed by atoms with Crippen LogP contribution in [0.3, 0.4) is 0 Å². The van der Waals surface area contributed by atoms with Crippen molar-refractivity contribution >= 4 is 11.6 Å². The zero-order valence-electron chi connectivity index (χ0n) is 9.75. The molecule has 1 aromatic carbocycles. The number of carbonyl (C=O) groups is 1. The van der Waals surface area contributed by atoms with Crippen LogP contribution in [0.2, 0.25) is 0 Å². The fourth-order valence-electron chi connectivity index (χ4n) is 1.74. The molecule has 1 N–H and O–H groups in total. The maximum Gasteiger partial charge on any atom is 0.224 e. The predicted octanol–water partition coefficient (Wildman–Crippen LogP) is 2.75. The molecule has 0 saturated carbocycles. The van der Waals surface area contributed by atoms with Gasteiger partial charge in [0.2, 0.25) is 5.91 Å². The third-order valence-electron chi connectivity index (χ3n) is 2.89. The summed E-state index contributed by atoms with van der Waals surface area (Å²) < 4.78 is 5.71. The van der Waals surface area contributed by atoms with Gasteiger partial charge in [0.1, 0.15) is 5.75 Å². The first-order valence-corrected chi connectivity index (χ1v) is 5.78. The van der Waals surface area contributed by atoms with Crippen LogP contribution in [0, 0.1) is 0 Å². The second-order valence-electron chi connectivity index (χ2n) is 4.20. The van der Waals surface area contributed by atoms with Crippen LogP contribution in [0.15, 0.2) is 18.2 Å². The van der Waals surface area contributed by atoms with Gasteiger partial charge >= 0.3 is 0 Å². The Labute approximate surface area is 95.8 Å². The maximum atomic E-state index is 11.3. The van der Waals surface area contributed by atoms with Crippen molar-refractivity contribution in [1.82, 2.24) is 0 Å². The Balaban J connectivity index is 2.18. The van der Waals surface area contributed by atoms with Gasteiger partial charge in [-0.1, -0.05) is 13.0 Å². The largest absolute Gasteiger partial charge is 0.491 e. The van der Waals surface area contributed by atoms with Crippen LogP contribution in [-0.2, 0) is 11.2 Å². The molecule has 1 atom stereocenters. The maximum absolute atomic E-state index is 11.3. The van der Waals surface area contributed by atoms with E-state index in [-0.39, 0.29) is 12.0 Å². The summed E-state index contributed by atoms with van der Waals surface area (Å²) in [6.45, 7) is 4.13. The number of aryl methyl sites for hydroxylation is 1. The molecule has 3 heteroatoms. The van der Waals surface area contributed by atoms with E-state index in [4.69, 9.17) is 4.74 Å². The Morgan fingerprint density at radius 1 is 1.44 bits per heavy atom. The Bertz CT molecular complexity index is 401. The lowest BCUT2D eigenvalue weighted by Crippen LogP contribution is -2.19. The molecular formula is C13H17NO2. The average Bonchev–Trinajstić information content (AvgIpc) is 2.28. The smallest absolute Gasteiger partial charge is 0.224 e. The molecule has 1 heterocycles.